The minimum absolute atomic E-state index is 0.231. The molecule has 2 N–H and O–H groups in total. The number of carbonyl (C=O) groups excluding carboxylic acids is 1. The van der Waals surface area contributed by atoms with Crippen LogP contribution in [0.2, 0.25) is 0 Å². The lowest BCUT2D eigenvalue weighted by atomic mass is 10.2. The number of nitrogens with zero attached hydrogens (tertiary/aromatic N) is 3. The first kappa shape index (κ1) is 19.7. The summed E-state index contributed by atoms with van der Waals surface area (Å²) in [6.07, 6.45) is 0.810. The zero-order valence-electron chi connectivity index (χ0n) is 15.2. The predicted molar refractivity (Wildman–Crippen MR) is 95.0 cm³/mol. The van der Waals surface area contributed by atoms with Gasteiger partial charge in [0, 0.05) is 32.2 Å². The van der Waals surface area contributed by atoms with Crippen molar-refractivity contribution in [2.24, 2.45) is 5.92 Å². The molecule has 2 rings (SSSR count). The highest BCUT2D eigenvalue weighted by molar-refractivity contribution is 7.88. The maximum absolute atomic E-state index is 12.1. The minimum atomic E-state index is -3.25. The van der Waals surface area contributed by atoms with Gasteiger partial charge in [-0.05, 0) is 12.8 Å². The van der Waals surface area contributed by atoms with Gasteiger partial charge in [-0.15, -0.1) is 0 Å². The van der Waals surface area contributed by atoms with Gasteiger partial charge in [-0.25, -0.2) is 17.9 Å². The first-order valence-electron chi connectivity index (χ1n) is 8.31. The highest BCUT2D eigenvalue weighted by atomic mass is 32.2. The fraction of sp³-hybridized carbons (Fsp3) is 0.733. The van der Waals surface area contributed by atoms with Crippen molar-refractivity contribution in [1.29, 1.82) is 0 Å². The van der Waals surface area contributed by atoms with Gasteiger partial charge >= 0.3 is 6.03 Å². The molecular formula is C15H27N5O4S. The molecule has 2 heterocycles. The Balaban J connectivity index is 1.87. The van der Waals surface area contributed by atoms with E-state index in [1.165, 1.54) is 10.6 Å². The van der Waals surface area contributed by atoms with Gasteiger partial charge in [0.25, 0.3) is 0 Å². The van der Waals surface area contributed by atoms with Crippen molar-refractivity contribution >= 4 is 21.9 Å². The Bertz CT molecular complexity index is 701. The van der Waals surface area contributed by atoms with Crippen molar-refractivity contribution in [3.63, 3.8) is 0 Å². The summed E-state index contributed by atoms with van der Waals surface area (Å²) in [5, 5.41) is 9.87. The lowest BCUT2D eigenvalue weighted by Gasteiger charge is -2.31. The summed E-state index contributed by atoms with van der Waals surface area (Å²) in [5.41, 5.74) is 0.829. The fourth-order valence-electron chi connectivity index (χ4n) is 2.62. The summed E-state index contributed by atoms with van der Waals surface area (Å²) >= 11 is 0. The van der Waals surface area contributed by atoms with Crippen LogP contribution in [0.1, 0.15) is 19.5 Å². The number of urea groups is 1. The van der Waals surface area contributed by atoms with Crippen molar-refractivity contribution < 1.29 is 17.9 Å². The second-order valence-electron chi connectivity index (χ2n) is 6.70. The molecule has 2 amide bonds. The summed E-state index contributed by atoms with van der Waals surface area (Å²) in [6.45, 7) is 7.87. The molecule has 25 heavy (non-hydrogen) atoms. The monoisotopic (exact) mass is 373 g/mol. The number of carbonyl (C=O) groups is 1. The first-order chi connectivity index (χ1) is 11.6. The molecule has 1 unspecified atom stereocenters. The Hall–Kier alpha value is -1.65. The molecule has 1 aliphatic rings. The minimum Gasteiger partial charge on any atom is -0.374 e. The number of aryl methyl sites for hydroxylation is 1. The fourth-order valence-corrected chi connectivity index (χ4v) is 3.46. The SMILES string of the molecule is Cc1cc(NC(=O)NCC2CN(S(C)(=O)=O)CCO2)n(CC(C)C)n1. The van der Waals surface area contributed by atoms with Crippen LogP contribution in [-0.4, -0.2) is 67.1 Å². The molecule has 0 radical (unpaired) electrons. The standard InChI is InChI=1S/C15H27N5O4S/c1-11(2)9-20-14(7-12(3)18-20)17-15(21)16-8-13-10-19(5-6-24-13)25(4,22)23/h7,11,13H,5-6,8-10H2,1-4H3,(H2,16,17,21). The van der Waals surface area contributed by atoms with Crippen LogP contribution >= 0.6 is 0 Å². The number of anilines is 1. The van der Waals surface area contributed by atoms with Gasteiger partial charge in [0.2, 0.25) is 10.0 Å². The maximum Gasteiger partial charge on any atom is 0.320 e. The van der Waals surface area contributed by atoms with Crippen LogP contribution in [0.3, 0.4) is 0 Å². The van der Waals surface area contributed by atoms with Gasteiger partial charge < -0.3 is 10.1 Å². The second kappa shape index (κ2) is 8.15. The Morgan fingerprint density at radius 2 is 2.20 bits per heavy atom. The number of morpholine rings is 1. The van der Waals surface area contributed by atoms with Crippen LogP contribution in [0.4, 0.5) is 10.6 Å². The number of hydrogen-bond acceptors (Lipinski definition) is 5. The van der Waals surface area contributed by atoms with E-state index in [-0.39, 0.29) is 25.2 Å². The average Bonchev–Trinajstić information content (AvgIpc) is 2.83. The first-order valence-corrected chi connectivity index (χ1v) is 10.2. The van der Waals surface area contributed by atoms with E-state index in [0.29, 0.717) is 31.4 Å². The molecule has 0 bridgehead atoms. The van der Waals surface area contributed by atoms with E-state index in [0.717, 1.165) is 5.69 Å². The van der Waals surface area contributed by atoms with E-state index in [9.17, 15) is 13.2 Å². The molecule has 1 aromatic heterocycles. The van der Waals surface area contributed by atoms with Crippen LogP contribution in [0.5, 0.6) is 0 Å². The molecule has 0 spiro atoms. The van der Waals surface area contributed by atoms with Crippen molar-refractivity contribution in [3.8, 4) is 0 Å². The third-order valence-corrected chi connectivity index (χ3v) is 5.01. The summed E-state index contributed by atoms with van der Waals surface area (Å²) in [5.74, 6) is 1.03. The third kappa shape index (κ3) is 5.98. The van der Waals surface area contributed by atoms with Gasteiger partial charge in [-0.1, -0.05) is 13.8 Å². The predicted octanol–water partition coefficient (Wildman–Crippen LogP) is 0.629. The molecule has 142 valence electrons. The molecule has 1 aromatic rings. The van der Waals surface area contributed by atoms with E-state index in [2.05, 4.69) is 29.6 Å². The average molecular weight is 373 g/mol. The third-order valence-electron chi connectivity index (χ3n) is 3.74. The number of sulfonamides is 1. The molecule has 1 fully saturated rings. The van der Waals surface area contributed by atoms with Crippen molar-refractivity contribution in [1.82, 2.24) is 19.4 Å². The molecule has 0 aliphatic carbocycles. The number of rotatable bonds is 6. The van der Waals surface area contributed by atoms with Crippen LogP contribution < -0.4 is 10.6 Å². The highest BCUT2D eigenvalue weighted by Crippen LogP contribution is 2.13. The molecule has 1 atom stereocenters. The second-order valence-corrected chi connectivity index (χ2v) is 8.68. The zero-order valence-corrected chi connectivity index (χ0v) is 16.0. The van der Waals surface area contributed by atoms with E-state index in [4.69, 9.17) is 4.74 Å². The molecule has 0 saturated carbocycles. The van der Waals surface area contributed by atoms with E-state index in [1.54, 1.807) is 4.68 Å². The molecule has 9 nitrogen and oxygen atoms in total. The van der Waals surface area contributed by atoms with Crippen molar-refractivity contribution in [2.45, 2.75) is 33.4 Å². The largest absolute Gasteiger partial charge is 0.374 e. The van der Waals surface area contributed by atoms with Gasteiger partial charge in [0.05, 0.1) is 24.7 Å². The van der Waals surface area contributed by atoms with E-state index >= 15 is 0 Å². The quantitative estimate of drug-likeness (QED) is 0.761. The van der Waals surface area contributed by atoms with E-state index in [1.807, 2.05) is 13.0 Å². The van der Waals surface area contributed by atoms with Gasteiger partial charge in [-0.3, -0.25) is 5.32 Å². The summed E-state index contributed by atoms with van der Waals surface area (Å²) < 4.78 is 31.8. The lowest BCUT2D eigenvalue weighted by Crippen LogP contribution is -2.49. The molecule has 10 heteroatoms. The van der Waals surface area contributed by atoms with Crippen LogP contribution in [-0.2, 0) is 21.3 Å². The zero-order chi connectivity index (χ0) is 18.6. The highest BCUT2D eigenvalue weighted by Gasteiger charge is 2.26. The molecule has 0 aromatic carbocycles. The normalized spacial score (nSPS) is 19.2. The van der Waals surface area contributed by atoms with Crippen LogP contribution in [0, 0.1) is 12.8 Å². The molecular weight excluding hydrogens is 346 g/mol. The molecule has 1 saturated heterocycles. The Kier molecular flexibility index (Phi) is 6.42. The Morgan fingerprint density at radius 3 is 2.84 bits per heavy atom. The van der Waals surface area contributed by atoms with Crippen molar-refractivity contribution in [3.05, 3.63) is 11.8 Å². The number of hydrogen-bond donors (Lipinski definition) is 2. The number of amides is 2. The smallest absolute Gasteiger partial charge is 0.320 e. The molecule has 1 aliphatic heterocycles. The van der Waals surface area contributed by atoms with Gasteiger partial charge in [0.15, 0.2) is 0 Å². The van der Waals surface area contributed by atoms with E-state index < -0.39 is 10.0 Å². The Labute approximate surface area is 148 Å². The topological polar surface area (TPSA) is 106 Å². The van der Waals surface area contributed by atoms with Crippen LogP contribution in [0.15, 0.2) is 6.07 Å². The summed E-state index contributed by atoms with van der Waals surface area (Å²) in [6, 6.07) is 1.44. The Morgan fingerprint density at radius 1 is 1.48 bits per heavy atom. The van der Waals surface area contributed by atoms with Gasteiger partial charge in [0.1, 0.15) is 5.82 Å². The maximum atomic E-state index is 12.1. The summed E-state index contributed by atoms with van der Waals surface area (Å²) in [7, 11) is -3.25. The van der Waals surface area contributed by atoms with Crippen molar-refractivity contribution in [2.75, 3.05) is 37.8 Å². The van der Waals surface area contributed by atoms with Gasteiger partial charge in [-0.2, -0.15) is 9.40 Å². The number of aromatic nitrogens is 2. The lowest BCUT2D eigenvalue weighted by molar-refractivity contribution is 0.00167. The van der Waals surface area contributed by atoms with Crippen LogP contribution in [0.25, 0.3) is 0 Å². The number of ether oxygens (including phenoxy) is 1. The number of nitrogens with one attached hydrogen (secondary N) is 2. The summed E-state index contributed by atoms with van der Waals surface area (Å²) in [4.78, 5) is 12.1.